The number of Topliss-reactive ketones (excluding diaryl/α,β-unsaturated/α-hetero) is 1. The van der Waals surface area contributed by atoms with Gasteiger partial charge in [0.25, 0.3) is 0 Å². The first kappa shape index (κ1) is 11.3. The summed E-state index contributed by atoms with van der Waals surface area (Å²) in [5.41, 5.74) is 0. The largest absolute Gasteiger partial charge is 0.332 e. The average molecular weight is 237 g/mol. The Balaban J connectivity index is 2.14. The van der Waals surface area contributed by atoms with E-state index in [0.29, 0.717) is 6.42 Å². The summed E-state index contributed by atoms with van der Waals surface area (Å²) in [6, 6.07) is 3.49. The molecule has 1 amide bonds. The molecule has 0 radical (unpaired) electrons. The Morgan fingerprint density at radius 3 is 3.00 bits per heavy atom. The molecule has 4 heteroatoms. The van der Waals surface area contributed by atoms with E-state index in [1.165, 1.54) is 11.3 Å². The predicted octanol–water partition coefficient (Wildman–Crippen LogP) is 2.33. The quantitative estimate of drug-likeness (QED) is 0.757. The topological polar surface area (TPSA) is 37.4 Å². The van der Waals surface area contributed by atoms with Crippen molar-refractivity contribution in [2.45, 2.75) is 32.2 Å². The molecule has 1 aliphatic rings. The molecular formula is C12H15NO2S. The summed E-state index contributed by atoms with van der Waals surface area (Å²) in [6.45, 7) is 2.57. The minimum atomic E-state index is -0.217. The van der Waals surface area contributed by atoms with Crippen molar-refractivity contribution in [3.05, 3.63) is 22.4 Å². The SMILES string of the molecule is CCC(=O)N1CCCC1C(=O)c1cccs1. The lowest BCUT2D eigenvalue weighted by Crippen LogP contribution is -2.39. The fraction of sp³-hybridized carbons (Fsp3) is 0.500. The first-order valence-corrected chi connectivity index (χ1v) is 6.49. The molecule has 0 bridgehead atoms. The van der Waals surface area contributed by atoms with Crippen LogP contribution < -0.4 is 0 Å². The van der Waals surface area contributed by atoms with E-state index in [0.717, 1.165) is 24.3 Å². The summed E-state index contributed by atoms with van der Waals surface area (Å²) in [7, 11) is 0. The van der Waals surface area contributed by atoms with Gasteiger partial charge in [0.05, 0.1) is 10.9 Å². The van der Waals surface area contributed by atoms with Crippen LogP contribution in [0.1, 0.15) is 35.9 Å². The van der Waals surface area contributed by atoms with Crippen molar-refractivity contribution in [1.82, 2.24) is 4.90 Å². The Labute approximate surface area is 99.1 Å². The van der Waals surface area contributed by atoms with Crippen LogP contribution in [-0.2, 0) is 4.79 Å². The van der Waals surface area contributed by atoms with Crippen molar-refractivity contribution in [3.63, 3.8) is 0 Å². The molecule has 1 atom stereocenters. The third-order valence-corrected chi connectivity index (χ3v) is 3.83. The van der Waals surface area contributed by atoms with Gasteiger partial charge in [-0.05, 0) is 24.3 Å². The lowest BCUT2D eigenvalue weighted by Gasteiger charge is -2.22. The van der Waals surface area contributed by atoms with E-state index in [1.807, 2.05) is 24.4 Å². The van der Waals surface area contributed by atoms with Gasteiger partial charge in [0.2, 0.25) is 5.91 Å². The molecule has 1 aromatic heterocycles. The molecule has 2 heterocycles. The zero-order valence-electron chi connectivity index (χ0n) is 9.31. The molecule has 1 unspecified atom stereocenters. The number of ketones is 1. The molecule has 0 saturated carbocycles. The van der Waals surface area contributed by atoms with Gasteiger partial charge in [0, 0.05) is 13.0 Å². The van der Waals surface area contributed by atoms with Gasteiger partial charge in [0.1, 0.15) is 0 Å². The molecule has 3 nitrogen and oxygen atoms in total. The Hall–Kier alpha value is -1.16. The van der Waals surface area contributed by atoms with Gasteiger partial charge in [-0.3, -0.25) is 9.59 Å². The van der Waals surface area contributed by atoms with Gasteiger partial charge in [-0.25, -0.2) is 0 Å². The standard InChI is InChI=1S/C12H15NO2S/c1-2-11(14)13-7-3-5-9(13)12(15)10-6-4-8-16-10/h4,6,8-9H,2-3,5,7H2,1H3. The molecule has 1 aliphatic heterocycles. The number of carbonyl (C=O) groups is 2. The molecular weight excluding hydrogens is 222 g/mol. The van der Waals surface area contributed by atoms with E-state index in [4.69, 9.17) is 0 Å². The second-order valence-electron chi connectivity index (χ2n) is 3.94. The number of rotatable bonds is 3. The van der Waals surface area contributed by atoms with E-state index in [-0.39, 0.29) is 17.7 Å². The first-order valence-electron chi connectivity index (χ1n) is 5.61. The zero-order valence-corrected chi connectivity index (χ0v) is 10.1. The molecule has 16 heavy (non-hydrogen) atoms. The molecule has 1 aromatic rings. The Morgan fingerprint density at radius 1 is 1.56 bits per heavy atom. The highest BCUT2D eigenvalue weighted by atomic mass is 32.1. The van der Waals surface area contributed by atoms with E-state index >= 15 is 0 Å². The van der Waals surface area contributed by atoms with Crippen LogP contribution in [0.25, 0.3) is 0 Å². The molecule has 2 rings (SSSR count). The Bertz CT molecular complexity index is 386. The van der Waals surface area contributed by atoms with Crippen molar-refractivity contribution < 1.29 is 9.59 Å². The van der Waals surface area contributed by atoms with Crippen LogP contribution in [0.15, 0.2) is 17.5 Å². The summed E-state index contributed by atoms with van der Waals surface area (Å²) < 4.78 is 0. The van der Waals surface area contributed by atoms with Crippen LogP contribution in [0.4, 0.5) is 0 Å². The molecule has 0 N–H and O–H groups in total. The fourth-order valence-corrected chi connectivity index (χ4v) is 2.84. The Morgan fingerprint density at radius 2 is 2.38 bits per heavy atom. The van der Waals surface area contributed by atoms with Gasteiger partial charge in [-0.15, -0.1) is 11.3 Å². The summed E-state index contributed by atoms with van der Waals surface area (Å²) in [5, 5.41) is 1.90. The van der Waals surface area contributed by atoms with E-state index in [1.54, 1.807) is 4.90 Å². The van der Waals surface area contributed by atoms with E-state index in [2.05, 4.69) is 0 Å². The van der Waals surface area contributed by atoms with Crippen molar-refractivity contribution in [1.29, 1.82) is 0 Å². The van der Waals surface area contributed by atoms with Crippen LogP contribution in [0, 0.1) is 0 Å². The number of likely N-dealkylation sites (tertiary alicyclic amines) is 1. The first-order chi connectivity index (χ1) is 7.74. The van der Waals surface area contributed by atoms with Gasteiger partial charge in [0.15, 0.2) is 5.78 Å². The van der Waals surface area contributed by atoms with Crippen molar-refractivity contribution >= 4 is 23.0 Å². The smallest absolute Gasteiger partial charge is 0.222 e. The highest BCUT2D eigenvalue weighted by Gasteiger charge is 2.33. The summed E-state index contributed by atoms with van der Waals surface area (Å²) in [6.07, 6.45) is 2.23. The van der Waals surface area contributed by atoms with Crippen molar-refractivity contribution in [3.8, 4) is 0 Å². The maximum Gasteiger partial charge on any atom is 0.222 e. The molecule has 0 aliphatic carbocycles. The van der Waals surface area contributed by atoms with Gasteiger partial charge < -0.3 is 4.90 Å². The number of amides is 1. The summed E-state index contributed by atoms with van der Waals surface area (Å²) in [5.74, 6) is 0.196. The number of nitrogens with zero attached hydrogens (tertiary/aromatic N) is 1. The monoisotopic (exact) mass is 237 g/mol. The minimum absolute atomic E-state index is 0.0902. The van der Waals surface area contributed by atoms with Crippen LogP contribution in [0.3, 0.4) is 0 Å². The third-order valence-electron chi connectivity index (χ3n) is 2.94. The number of thiophene rings is 1. The predicted molar refractivity (Wildman–Crippen MR) is 63.7 cm³/mol. The van der Waals surface area contributed by atoms with Crippen LogP contribution >= 0.6 is 11.3 Å². The van der Waals surface area contributed by atoms with Crippen molar-refractivity contribution in [2.75, 3.05) is 6.54 Å². The lowest BCUT2D eigenvalue weighted by atomic mass is 10.1. The number of carbonyl (C=O) groups excluding carboxylic acids is 2. The minimum Gasteiger partial charge on any atom is -0.332 e. The number of hydrogen-bond donors (Lipinski definition) is 0. The average Bonchev–Trinajstić information content (AvgIpc) is 2.97. The van der Waals surface area contributed by atoms with Gasteiger partial charge in [-0.1, -0.05) is 13.0 Å². The van der Waals surface area contributed by atoms with Crippen LogP contribution in [0.2, 0.25) is 0 Å². The summed E-state index contributed by atoms with van der Waals surface area (Å²) >= 11 is 1.45. The highest BCUT2D eigenvalue weighted by molar-refractivity contribution is 7.12. The Kier molecular flexibility index (Phi) is 3.39. The fourth-order valence-electron chi connectivity index (χ4n) is 2.12. The third kappa shape index (κ3) is 2.02. The molecule has 0 aromatic carbocycles. The van der Waals surface area contributed by atoms with Crippen molar-refractivity contribution in [2.24, 2.45) is 0 Å². The maximum absolute atomic E-state index is 12.2. The highest BCUT2D eigenvalue weighted by Crippen LogP contribution is 2.23. The molecule has 86 valence electrons. The second-order valence-corrected chi connectivity index (χ2v) is 4.89. The lowest BCUT2D eigenvalue weighted by molar-refractivity contribution is -0.131. The van der Waals surface area contributed by atoms with Crippen LogP contribution in [-0.4, -0.2) is 29.2 Å². The zero-order chi connectivity index (χ0) is 11.5. The molecule has 0 spiro atoms. The summed E-state index contributed by atoms with van der Waals surface area (Å²) in [4.78, 5) is 26.3. The van der Waals surface area contributed by atoms with Gasteiger partial charge >= 0.3 is 0 Å². The van der Waals surface area contributed by atoms with E-state index < -0.39 is 0 Å². The maximum atomic E-state index is 12.2. The molecule has 1 saturated heterocycles. The van der Waals surface area contributed by atoms with E-state index in [9.17, 15) is 9.59 Å². The second kappa shape index (κ2) is 4.78. The van der Waals surface area contributed by atoms with Gasteiger partial charge in [-0.2, -0.15) is 0 Å². The molecule has 1 fully saturated rings. The number of hydrogen-bond acceptors (Lipinski definition) is 3. The van der Waals surface area contributed by atoms with Crippen LogP contribution in [0.5, 0.6) is 0 Å². The normalized spacial score (nSPS) is 20.1.